The van der Waals surface area contributed by atoms with E-state index < -0.39 is 5.60 Å². The summed E-state index contributed by atoms with van der Waals surface area (Å²) >= 11 is 1.56. The zero-order valence-corrected chi connectivity index (χ0v) is 18.7. The molecule has 2 aliphatic rings. The Kier molecular flexibility index (Phi) is 5.82. The maximum atomic E-state index is 13.1. The van der Waals surface area contributed by atoms with Crippen LogP contribution in [0.1, 0.15) is 67.0 Å². The number of thiazole rings is 1. The van der Waals surface area contributed by atoms with Gasteiger partial charge in [-0.15, -0.1) is 11.3 Å². The van der Waals surface area contributed by atoms with Gasteiger partial charge in [0, 0.05) is 36.6 Å². The number of hydrogen-bond donors (Lipinski definition) is 0. The molecule has 0 saturated carbocycles. The molecule has 6 nitrogen and oxygen atoms in total. The van der Waals surface area contributed by atoms with Gasteiger partial charge in [-0.2, -0.15) is 0 Å². The first-order chi connectivity index (χ1) is 14.3. The highest BCUT2D eigenvalue weighted by Crippen LogP contribution is 2.33. The van der Waals surface area contributed by atoms with Crippen molar-refractivity contribution in [2.45, 2.75) is 58.0 Å². The number of aryl methyl sites for hydroxylation is 1. The van der Waals surface area contributed by atoms with Crippen LogP contribution in [0.2, 0.25) is 0 Å². The van der Waals surface area contributed by atoms with E-state index in [-0.39, 0.29) is 17.9 Å². The minimum atomic E-state index is -0.481. The molecule has 2 amide bonds. The number of rotatable bonds is 2. The lowest BCUT2D eigenvalue weighted by molar-refractivity contribution is 0.0205. The third kappa shape index (κ3) is 4.51. The topological polar surface area (TPSA) is 62.7 Å². The minimum Gasteiger partial charge on any atom is -0.444 e. The van der Waals surface area contributed by atoms with Crippen LogP contribution < -0.4 is 4.90 Å². The molecule has 2 aliphatic heterocycles. The Morgan fingerprint density at radius 1 is 1.13 bits per heavy atom. The second kappa shape index (κ2) is 8.38. The van der Waals surface area contributed by atoms with E-state index in [4.69, 9.17) is 9.72 Å². The number of benzene rings is 1. The summed E-state index contributed by atoms with van der Waals surface area (Å²) in [7, 11) is 0. The van der Waals surface area contributed by atoms with Gasteiger partial charge in [0.1, 0.15) is 11.3 Å². The monoisotopic (exact) mass is 427 g/mol. The molecular formula is C23H29N3O3S. The van der Waals surface area contributed by atoms with Crippen molar-refractivity contribution >= 4 is 29.0 Å². The van der Waals surface area contributed by atoms with Crippen LogP contribution in [0.4, 0.5) is 10.5 Å². The average molecular weight is 428 g/mol. The predicted molar refractivity (Wildman–Crippen MR) is 118 cm³/mol. The fourth-order valence-electron chi connectivity index (χ4n) is 4.09. The third-order valence-electron chi connectivity index (χ3n) is 5.59. The number of nitrogens with zero attached hydrogens (tertiary/aromatic N) is 3. The second-order valence-corrected chi connectivity index (χ2v) is 9.89. The predicted octanol–water partition coefficient (Wildman–Crippen LogP) is 4.85. The molecule has 1 fully saturated rings. The number of fused-ring (bicyclic) bond motifs is 1. The zero-order chi connectivity index (χ0) is 21.3. The van der Waals surface area contributed by atoms with Crippen molar-refractivity contribution < 1.29 is 14.3 Å². The number of hydrogen-bond acceptors (Lipinski definition) is 5. The van der Waals surface area contributed by atoms with Gasteiger partial charge in [0.15, 0.2) is 0 Å². The van der Waals surface area contributed by atoms with E-state index in [1.54, 1.807) is 16.2 Å². The number of para-hydroxylation sites is 1. The molecule has 2 aromatic rings. The Balaban J connectivity index is 1.40. The summed E-state index contributed by atoms with van der Waals surface area (Å²) < 4.78 is 5.47. The Labute approximate surface area is 181 Å². The minimum absolute atomic E-state index is 0.0177. The summed E-state index contributed by atoms with van der Waals surface area (Å²) in [6, 6.07) is 8.12. The number of likely N-dealkylation sites (tertiary alicyclic amines) is 1. The van der Waals surface area contributed by atoms with Crippen LogP contribution in [0.5, 0.6) is 0 Å². The van der Waals surface area contributed by atoms with Gasteiger partial charge in [-0.05, 0) is 58.1 Å². The molecule has 0 aliphatic carbocycles. The average Bonchev–Trinajstić information content (AvgIpc) is 3.22. The van der Waals surface area contributed by atoms with Crippen LogP contribution in [-0.4, -0.2) is 47.1 Å². The summed E-state index contributed by atoms with van der Waals surface area (Å²) in [4.78, 5) is 33.7. The largest absolute Gasteiger partial charge is 0.444 e. The van der Waals surface area contributed by atoms with Crippen molar-refractivity contribution in [2.24, 2.45) is 0 Å². The lowest BCUT2D eigenvalue weighted by Gasteiger charge is -2.32. The Morgan fingerprint density at radius 2 is 1.87 bits per heavy atom. The molecule has 4 rings (SSSR count). The van der Waals surface area contributed by atoms with E-state index in [0.29, 0.717) is 18.8 Å². The van der Waals surface area contributed by atoms with E-state index in [0.717, 1.165) is 42.9 Å². The molecule has 0 N–H and O–H groups in total. The van der Waals surface area contributed by atoms with Gasteiger partial charge in [-0.3, -0.25) is 4.79 Å². The van der Waals surface area contributed by atoms with Gasteiger partial charge in [-0.25, -0.2) is 9.78 Å². The van der Waals surface area contributed by atoms with E-state index in [1.807, 2.05) is 49.3 Å². The smallest absolute Gasteiger partial charge is 0.410 e. The van der Waals surface area contributed by atoms with E-state index in [1.165, 1.54) is 5.56 Å². The number of amides is 2. The molecule has 0 radical (unpaired) electrons. The van der Waals surface area contributed by atoms with Crippen LogP contribution in [-0.2, 0) is 11.2 Å². The molecule has 0 spiro atoms. The van der Waals surface area contributed by atoms with Crippen molar-refractivity contribution in [3.05, 3.63) is 45.9 Å². The zero-order valence-electron chi connectivity index (χ0n) is 17.9. The van der Waals surface area contributed by atoms with Crippen molar-refractivity contribution in [1.82, 2.24) is 9.88 Å². The molecule has 0 bridgehead atoms. The van der Waals surface area contributed by atoms with E-state index in [9.17, 15) is 9.59 Å². The molecule has 7 heteroatoms. The molecule has 1 saturated heterocycles. The number of ether oxygens (including phenoxy) is 1. The normalized spacial score (nSPS) is 17.6. The van der Waals surface area contributed by atoms with Crippen molar-refractivity contribution in [1.29, 1.82) is 0 Å². The van der Waals surface area contributed by atoms with Gasteiger partial charge in [0.05, 0.1) is 5.01 Å². The van der Waals surface area contributed by atoms with Gasteiger partial charge in [0.25, 0.3) is 5.91 Å². The second-order valence-electron chi connectivity index (χ2n) is 9.00. The summed E-state index contributed by atoms with van der Waals surface area (Å²) in [5.74, 6) is 0.264. The van der Waals surface area contributed by atoms with Crippen LogP contribution in [0.3, 0.4) is 0 Å². The highest BCUT2D eigenvalue weighted by molar-refractivity contribution is 7.10. The Hall–Kier alpha value is -2.41. The number of carbonyl (C=O) groups is 2. The number of piperidine rings is 1. The molecule has 0 atom stereocenters. The van der Waals surface area contributed by atoms with Gasteiger partial charge >= 0.3 is 6.09 Å². The van der Waals surface area contributed by atoms with Crippen LogP contribution in [0, 0.1) is 0 Å². The lowest BCUT2D eigenvalue weighted by Crippen LogP contribution is -2.41. The lowest BCUT2D eigenvalue weighted by atomic mass is 9.98. The third-order valence-corrected chi connectivity index (χ3v) is 6.60. The fraction of sp³-hybridized carbons (Fsp3) is 0.522. The van der Waals surface area contributed by atoms with Gasteiger partial charge in [-0.1, -0.05) is 18.2 Å². The molecule has 30 heavy (non-hydrogen) atoms. The highest BCUT2D eigenvalue weighted by Gasteiger charge is 2.30. The first-order valence-electron chi connectivity index (χ1n) is 10.6. The fourth-order valence-corrected chi connectivity index (χ4v) is 5.06. The Morgan fingerprint density at radius 3 is 2.60 bits per heavy atom. The van der Waals surface area contributed by atoms with Gasteiger partial charge < -0.3 is 14.5 Å². The molecular weight excluding hydrogens is 398 g/mol. The molecule has 0 unspecified atom stereocenters. The summed E-state index contributed by atoms with van der Waals surface area (Å²) in [5, 5.41) is 2.88. The number of carbonyl (C=O) groups excluding carboxylic acids is 2. The number of anilines is 1. The molecule has 1 aromatic carbocycles. The molecule has 1 aromatic heterocycles. The highest BCUT2D eigenvalue weighted by atomic mass is 32.1. The molecule has 3 heterocycles. The summed E-state index contributed by atoms with van der Waals surface area (Å²) in [6.07, 6.45) is 3.42. The number of aromatic nitrogens is 1. The summed E-state index contributed by atoms with van der Waals surface area (Å²) in [6.45, 7) is 7.69. The summed E-state index contributed by atoms with van der Waals surface area (Å²) in [5.41, 5.74) is 2.28. The SMILES string of the molecule is CC(C)(C)OC(=O)N1CCC(c2nc(C(=O)N3CCCc4ccccc43)cs2)CC1. The molecule has 160 valence electrons. The van der Waals surface area contributed by atoms with E-state index in [2.05, 4.69) is 6.07 Å². The van der Waals surface area contributed by atoms with Crippen molar-refractivity contribution in [2.75, 3.05) is 24.5 Å². The van der Waals surface area contributed by atoms with Crippen molar-refractivity contribution in [3.8, 4) is 0 Å². The maximum absolute atomic E-state index is 13.1. The van der Waals surface area contributed by atoms with E-state index >= 15 is 0 Å². The van der Waals surface area contributed by atoms with Crippen LogP contribution in [0.25, 0.3) is 0 Å². The Bertz CT molecular complexity index is 926. The van der Waals surface area contributed by atoms with Crippen LogP contribution in [0.15, 0.2) is 29.6 Å². The quantitative estimate of drug-likeness (QED) is 0.687. The van der Waals surface area contributed by atoms with Gasteiger partial charge in [0.2, 0.25) is 0 Å². The first kappa shape index (κ1) is 20.8. The van der Waals surface area contributed by atoms with Crippen molar-refractivity contribution in [3.63, 3.8) is 0 Å². The standard InChI is InChI=1S/C23H29N3O3S/c1-23(2,3)29-22(28)25-13-10-17(11-14-25)20-24-18(15-30-20)21(27)26-12-6-8-16-7-4-5-9-19(16)26/h4-5,7,9,15,17H,6,8,10-14H2,1-3H3. The maximum Gasteiger partial charge on any atom is 0.410 e. The first-order valence-corrected chi connectivity index (χ1v) is 11.5. The van der Waals surface area contributed by atoms with Crippen LogP contribution >= 0.6 is 11.3 Å².